The second kappa shape index (κ2) is 7.41. The predicted octanol–water partition coefficient (Wildman–Crippen LogP) is 2.63. The first-order valence-corrected chi connectivity index (χ1v) is 10.4. The van der Waals surface area contributed by atoms with Crippen molar-refractivity contribution in [3.8, 4) is 11.5 Å². The predicted molar refractivity (Wildman–Crippen MR) is 111 cm³/mol. The average molecular weight is 407 g/mol. The van der Waals surface area contributed by atoms with Gasteiger partial charge in [-0.2, -0.15) is 0 Å². The Morgan fingerprint density at radius 3 is 2.33 bits per heavy atom. The van der Waals surface area contributed by atoms with Gasteiger partial charge in [-0.05, 0) is 43.7 Å². The molecule has 5 rings (SSSR count). The normalized spacial score (nSPS) is 26.2. The highest BCUT2D eigenvalue weighted by Crippen LogP contribution is 2.50. The summed E-state index contributed by atoms with van der Waals surface area (Å²) in [4.78, 5) is 28.4. The summed E-state index contributed by atoms with van der Waals surface area (Å²) in [6.45, 7) is 4.10. The third-order valence-electron chi connectivity index (χ3n) is 6.27. The number of imide groups is 1. The quantitative estimate of drug-likeness (QED) is 0.710. The van der Waals surface area contributed by atoms with Gasteiger partial charge in [0.2, 0.25) is 5.91 Å². The number of methoxy groups -OCH3 is 1. The Bertz CT molecular complexity index is 977. The fourth-order valence-corrected chi connectivity index (χ4v) is 5.11. The number of hydrogen-bond acceptors (Lipinski definition) is 6. The largest absolute Gasteiger partial charge is 0.496 e. The molecule has 3 fully saturated rings. The van der Waals surface area contributed by atoms with E-state index in [0.717, 1.165) is 36.6 Å². The first-order valence-electron chi connectivity index (χ1n) is 10.4. The number of nitrogens with zero attached hydrogens (tertiary/aromatic N) is 3. The van der Waals surface area contributed by atoms with Crippen molar-refractivity contribution in [2.75, 3.05) is 31.7 Å². The van der Waals surface area contributed by atoms with Gasteiger partial charge < -0.3 is 9.47 Å². The van der Waals surface area contributed by atoms with Crippen LogP contribution in [0.25, 0.3) is 0 Å². The number of hydrogen-bond donors (Lipinski definition) is 0. The van der Waals surface area contributed by atoms with Crippen LogP contribution >= 0.6 is 0 Å². The zero-order valence-corrected chi connectivity index (χ0v) is 17.2. The van der Waals surface area contributed by atoms with E-state index in [1.165, 1.54) is 4.90 Å². The number of carbonyl (C=O) groups is 2. The molecule has 3 heterocycles. The van der Waals surface area contributed by atoms with Crippen molar-refractivity contribution < 1.29 is 19.1 Å². The molecule has 0 N–H and O–H groups in total. The molecule has 3 unspecified atom stereocenters. The van der Waals surface area contributed by atoms with Crippen molar-refractivity contribution in [3.63, 3.8) is 0 Å². The maximum atomic E-state index is 13.6. The van der Waals surface area contributed by atoms with Crippen LogP contribution in [0.2, 0.25) is 0 Å². The number of amides is 2. The summed E-state index contributed by atoms with van der Waals surface area (Å²) < 4.78 is 11.1. The molecular formula is C23H25N3O4. The molecule has 0 saturated carbocycles. The first-order chi connectivity index (χ1) is 14.7. The van der Waals surface area contributed by atoms with Crippen molar-refractivity contribution in [2.45, 2.75) is 25.4 Å². The lowest BCUT2D eigenvalue weighted by Crippen LogP contribution is -2.44. The fourth-order valence-electron chi connectivity index (χ4n) is 5.11. The van der Waals surface area contributed by atoms with E-state index in [4.69, 9.17) is 9.47 Å². The summed E-state index contributed by atoms with van der Waals surface area (Å²) in [5.41, 5.74) is 1.54. The van der Waals surface area contributed by atoms with E-state index in [0.29, 0.717) is 12.3 Å². The highest BCUT2D eigenvalue weighted by Gasteiger charge is 2.63. The zero-order chi connectivity index (χ0) is 20.8. The van der Waals surface area contributed by atoms with Crippen LogP contribution in [-0.4, -0.2) is 54.7 Å². The van der Waals surface area contributed by atoms with Crippen molar-refractivity contribution in [1.82, 2.24) is 10.0 Å². The molecule has 7 heteroatoms. The van der Waals surface area contributed by atoms with Crippen molar-refractivity contribution in [1.29, 1.82) is 0 Å². The number of fused-ring (bicyclic) bond motifs is 3. The lowest BCUT2D eigenvalue weighted by Gasteiger charge is -2.30. The molecule has 3 atom stereocenters. The summed E-state index contributed by atoms with van der Waals surface area (Å²) in [6, 6.07) is 14.3. The number of carbonyl (C=O) groups excluding carboxylic acids is 2. The van der Waals surface area contributed by atoms with Crippen molar-refractivity contribution in [2.24, 2.45) is 5.92 Å². The number of anilines is 1. The van der Waals surface area contributed by atoms with E-state index < -0.39 is 12.0 Å². The second-order valence-corrected chi connectivity index (χ2v) is 7.78. The van der Waals surface area contributed by atoms with Crippen LogP contribution in [0.1, 0.15) is 24.9 Å². The highest BCUT2D eigenvalue weighted by molar-refractivity contribution is 6.24. The third-order valence-corrected chi connectivity index (χ3v) is 6.27. The molecule has 3 aliphatic heterocycles. The van der Waals surface area contributed by atoms with Gasteiger partial charge >= 0.3 is 0 Å². The van der Waals surface area contributed by atoms with Gasteiger partial charge in [0.25, 0.3) is 5.91 Å². The lowest BCUT2D eigenvalue weighted by atomic mass is 9.89. The minimum absolute atomic E-state index is 0.153. The molecule has 2 aromatic rings. The van der Waals surface area contributed by atoms with E-state index >= 15 is 0 Å². The monoisotopic (exact) mass is 407 g/mol. The van der Waals surface area contributed by atoms with Gasteiger partial charge in [0.15, 0.2) is 0 Å². The molecule has 156 valence electrons. The molecule has 2 aromatic carbocycles. The van der Waals surface area contributed by atoms with Crippen molar-refractivity contribution in [3.05, 3.63) is 54.1 Å². The van der Waals surface area contributed by atoms with E-state index in [1.807, 2.05) is 31.2 Å². The Morgan fingerprint density at radius 2 is 1.63 bits per heavy atom. The molecule has 3 saturated heterocycles. The van der Waals surface area contributed by atoms with Crippen LogP contribution in [0.15, 0.2) is 48.5 Å². The minimum Gasteiger partial charge on any atom is -0.496 e. The van der Waals surface area contributed by atoms with Crippen LogP contribution in [0.5, 0.6) is 11.5 Å². The Balaban J connectivity index is 1.54. The Labute approximate surface area is 175 Å². The lowest BCUT2D eigenvalue weighted by molar-refractivity contribution is -0.126. The number of para-hydroxylation sites is 1. The molecule has 0 aliphatic carbocycles. The number of hydrazine groups is 1. The van der Waals surface area contributed by atoms with Gasteiger partial charge in [-0.3, -0.25) is 9.59 Å². The number of rotatable bonds is 5. The molecule has 0 bridgehead atoms. The summed E-state index contributed by atoms with van der Waals surface area (Å²) >= 11 is 0. The molecule has 0 spiro atoms. The van der Waals surface area contributed by atoms with Crippen LogP contribution in [0.3, 0.4) is 0 Å². The molecule has 2 amide bonds. The molecule has 0 radical (unpaired) electrons. The molecule has 7 nitrogen and oxygen atoms in total. The SMILES string of the molecule is CCOc1ccc(N2C(=O)C3C(C2=O)N2CCCN2C3c2ccccc2OC)cc1. The molecule has 30 heavy (non-hydrogen) atoms. The van der Waals surface area contributed by atoms with Gasteiger partial charge in [-0.15, -0.1) is 0 Å². The van der Waals surface area contributed by atoms with Gasteiger partial charge in [-0.1, -0.05) is 18.2 Å². The minimum atomic E-state index is -0.471. The molecule has 3 aliphatic rings. The van der Waals surface area contributed by atoms with E-state index in [9.17, 15) is 9.59 Å². The zero-order valence-electron chi connectivity index (χ0n) is 17.2. The Kier molecular flexibility index (Phi) is 4.72. The van der Waals surface area contributed by atoms with Gasteiger partial charge in [0.1, 0.15) is 17.5 Å². The smallest absolute Gasteiger partial charge is 0.253 e. The standard InChI is InChI=1S/C23H25N3O4/c1-3-30-16-11-9-15(10-12-16)26-22(27)19-20(17-7-4-5-8-18(17)29-2)24-13-6-14-25(24)21(19)23(26)28/h4-5,7-12,19-21H,3,6,13-14H2,1-2H3. The van der Waals surface area contributed by atoms with E-state index in [1.54, 1.807) is 31.4 Å². The Morgan fingerprint density at radius 1 is 0.933 bits per heavy atom. The van der Waals surface area contributed by atoms with Crippen LogP contribution < -0.4 is 14.4 Å². The molecular weight excluding hydrogens is 382 g/mol. The second-order valence-electron chi connectivity index (χ2n) is 7.78. The number of benzene rings is 2. The third kappa shape index (κ3) is 2.73. The van der Waals surface area contributed by atoms with Gasteiger partial charge in [-0.25, -0.2) is 14.9 Å². The Hall–Kier alpha value is -2.90. The maximum Gasteiger partial charge on any atom is 0.253 e. The van der Waals surface area contributed by atoms with Crippen molar-refractivity contribution >= 4 is 17.5 Å². The van der Waals surface area contributed by atoms with Gasteiger partial charge in [0.05, 0.1) is 31.4 Å². The maximum absolute atomic E-state index is 13.6. The summed E-state index contributed by atoms with van der Waals surface area (Å²) in [7, 11) is 1.64. The average Bonchev–Trinajstić information content (AvgIpc) is 3.41. The topological polar surface area (TPSA) is 62.3 Å². The van der Waals surface area contributed by atoms with Crippen LogP contribution in [0.4, 0.5) is 5.69 Å². The van der Waals surface area contributed by atoms with E-state index in [-0.39, 0.29) is 17.9 Å². The summed E-state index contributed by atoms with van der Waals surface area (Å²) in [5.74, 6) is 0.700. The van der Waals surface area contributed by atoms with Crippen LogP contribution in [0, 0.1) is 5.92 Å². The fraction of sp³-hybridized carbons (Fsp3) is 0.391. The number of ether oxygens (including phenoxy) is 2. The van der Waals surface area contributed by atoms with Gasteiger partial charge in [0, 0.05) is 18.7 Å². The van der Waals surface area contributed by atoms with E-state index in [2.05, 4.69) is 10.0 Å². The molecule has 0 aromatic heterocycles. The summed E-state index contributed by atoms with van der Waals surface area (Å²) in [5, 5.41) is 4.29. The van der Waals surface area contributed by atoms with Crippen LogP contribution in [-0.2, 0) is 9.59 Å². The first kappa shape index (κ1) is 19.1. The highest BCUT2D eigenvalue weighted by atomic mass is 16.5. The summed E-state index contributed by atoms with van der Waals surface area (Å²) in [6.07, 6.45) is 0.972.